The molecule has 0 aromatic heterocycles. The third kappa shape index (κ3) is 5.51. The molecule has 0 aliphatic rings. The third-order valence-electron chi connectivity index (χ3n) is 3.19. The Balaban J connectivity index is 1.93. The van der Waals surface area contributed by atoms with Gasteiger partial charge in [-0.25, -0.2) is 0 Å². The quantitative estimate of drug-likeness (QED) is 0.637. The molecule has 2 aromatic rings. The molecule has 0 unspecified atom stereocenters. The Labute approximate surface area is 146 Å². The van der Waals surface area contributed by atoms with Gasteiger partial charge in [-0.2, -0.15) is 0 Å². The second-order valence-corrected chi connectivity index (χ2v) is 5.99. The van der Waals surface area contributed by atoms with Gasteiger partial charge in [-0.3, -0.25) is 10.1 Å². The van der Waals surface area contributed by atoms with Crippen molar-refractivity contribution in [2.24, 2.45) is 0 Å². The van der Waals surface area contributed by atoms with Crippen LogP contribution in [0.3, 0.4) is 0 Å². The fraction of sp³-hybridized carbons (Fsp3) is 0.111. The van der Waals surface area contributed by atoms with Crippen molar-refractivity contribution >= 4 is 46.6 Å². The number of benzene rings is 2. The first-order valence-electron chi connectivity index (χ1n) is 7.07. The highest BCUT2D eigenvalue weighted by molar-refractivity contribution is 7.80. The van der Waals surface area contributed by atoms with Gasteiger partial charge in [-0.15, -0.1) is 0 Å². The number of amides is 1. The molecule has 2 rings (SSSR count). The fourth-order valence-electron chi connectivity index (χ4n) is 1.89. The van der Waals surface area contributed by atoms with E-state index in [1.54, 1.807) is 18.2 Å². The number of hydrogen-bond donors (Lipinski definition) is 2. The van der Waals surface area contributed by atoms with Gasteiger partial charge >= 0.3 is 0 Å². The number of carbonyl (C=O) groups excluding carboxylic acids is 1. The van der Waals surface area contributed by atoms with E-state index in [4.69, 9.17) is 23.8 Å². The first kappa shape index (κ1) is 17.2. The van der Waals surface area contributed by atoms with Crippen LogP contribution in [-0.4, -0.2) is 11.0 Å². The van der Waals surface area contributed by atoms with Crippen LogP contribution in [-0.2, 0) is 4.79 Å². The fourth-order valence-corrected chi connectivity index (χ4v) is 2.27. The van der Waals surface area contributed by atoms with Crippen molar-refractivity contribution in [2.45, 2.75) is 13.8 Å². The minimum atomic E-state index is -0.289. The van der Waals surface area contributed by atoms with Gasteiger partial charge < -0.3 is 5.32 Å². The highest BCUT2D eigenvalue weighted by Crippen LogP contribution is 2.19. The molecular formula is C18H17ClN2OS. The van der Waals surface area contributed by atoms with Crippen LogP contribution in [0.4, 0.5) is 5.69 Å². The smallest absolute Gasteiger partial charge is 0.250 e. The predicted octanol–water partition coefficient (Wildman–Crippen LogP) is 4.48. The Hall–Kier alpha value is -2.17. The number of anilines is 1. The normalized spacial score (nSPS) is 10.6. The molecule has 0 saturated heterocycles. The summed E-state index contributed by atoms with van der Waals surface area (Å²) in [5.74, 6) is -0.289. The molecule has 23 heavy (non-hydrogen) atoms. The molecule has 0 spiro atoms. The average molecular weight is 345 g/mol. The molecule has 2 N–H and O–H groups in total. The number of nitrogens with one attached hydrogen (secondary N) is 2. The summed E-state index contributed by atoms with van der Waals surface area (Å²) < 4.78 is 0. The third-order valence-corrected chi connectivity index (χ3v) is 3.63. The van der Waals surface area contributed by atoms with Crippen LogP contribution in [0.5, 0.6) is 0 Å². The molecular weight excluding hydrogens is 328 g/mol. The minimum absolute atomic E-state index is 0.230. The maximum atomic E-state index is 11.9. The summed E-state index contributed by atoms with van der Waals surface area (Å²) in [6.45, 7) is 3.95. The molecule has 0 bridgehead atoms. The topological polar surface area (TPSA) is 41.1 Å². The highest BCUT2D eigenvalue weighted by Gasteiger charge is 2.04. The maximum absolute atomic E-state index is 11.9. The van der Waals surface area contributed by atoms with E-state index in [-0.39, 0.29) is 11.0 Å². The van der Waals surface area contributed by atoms with Crippen LogP contribution >= 0.6 is 23.8 Å². The molecule has 0 fully saturated rings. The first-order chi connectivity index (χ1) is 10.9. The highest BCUT2D eigenvalue weighted by atomic mass is 35.5. The lowest BCUT2D eigenvalue weighted by Gasteiger charge is -2.11. The van der Waals surface area contributed by atoms with E-state index in [1.165, 1.54) is 11.6 Å². The lowest BCUT2D eigenvalue weighted by molar-refractivity contribution is -0.115. The summed E-state index contributed by atoms with van der Waals surface area (Å²) >= 11 is 11.1. The Bertz CT molecular complexity index is 754. The maximum Gasteiger partial charge on any atom is 0.250 e. The van der Waals surface area contributed by atoms with Gasteiger partial charge in [-0.05, 0) is 55.4 Å². The second kappa shape index (κ2) is 7.90. The van der Waals surface area contributed by atoms with E-state index < -0.39 is 0 Å². The van der Waals surface area contributed by atoms with E-state index in [2.05, 4.69) is 10.6 Å². The summed E-state index contributed by atoms with van der Waals surface area (Å²) in [7, 11) is 0. The van der Waals surface area contributed by atoms with Crippen molar-refractivity contribution in [3.8, 4) is 0 Å². The molecule has 118 valence electrons. The van der Waals surface area contributed by atoms with Crippen molar-refractivity contribution in [3.63, 3.8) is 0 Å². The van der Waals surface area contributed by atoms with Gasteiger partial charge in [0.1, 0.15) is 0 Å². The Kier molecular flexibility index (Phi) is 5.90. The Morgan fingerprint density at radius 2 is 1.83 bits per heavy atom. The molecule has 0 atom stereocenters. The van der Waals surface area contributed by atoms with E-state index in [0.717, 1.165) is 16.8 Å². The van der Waals surface area contributed by atoms with Gasteiger partial charge in [0, 0.05) is 16.8 Å². The molecule has 0 heterocycles. The summed E-state index contributed by atoms with van der Waals surface area (Å²) in [6.07, 6.45) is 3.19. The molecule has 0 aliphatic heterocycles. The van der Waals surface area contributed by atoms with Gasteiger partial charge in [0.2, 0.25) is 5.91 Å². The molecule has 0 radical (unpaired) electrons. The average Bonchev–Trinajstić information content (AvgIpc) is 2.50. The van der Waals surface area contributed by atoms with Crippen molar-refractivity contribution < 1.29 is 4.79 Å². The summed E-state index contributed by atoms with van der Waals surface area (Å²) in [5.41, 5.74) is 3.88. The SMILES string of the molecule is Cc1ccc(C=CC(=O)NC(=S)Nc2cc(Cl)ccc2C)cc1. The molecule has 5 heteroatoms. The van der Waals surface area contributed by atoms with Crippen LogP contribution < -0.4 is 10.6 Å². The van der Waals surface area contributed by atoms with Crippen LogP contribution in [0.2, 0.25) is 5.02 Å². The zero-order valence-corrected chi connectivity index (χ0v) is 14.5. The van der Waals surface area contributed by atoms with E-state index in [9.17, 15) is 4.79 Å². The monoisotopic (exact) mass is 344 g/mol. The van der Waals surface area contributed by atoms with Crippen molar-refractivity contribution in [3.05, 3.63) is 70.3 Å². The number of halogens is 1. The summed E-state index contributed by atoms with van der Waals surface area (Å²) in [5, 5.41) is 6.41. The van der Waals surface area contributed by atoms with Crippen LogP contribution in [0, 0.1) is 13.8 Å². The van der Waals surface area contributed by atoms with Crippen LogP contribution in [0.1, 0.15) is 16.7 Å². The largest absolute Gasteiger partial charge is 0.332 e. The molecule has 3 nitrogen and oxygen atoms in total. The lowest BCUT2D eigenvalue weighted by Crippen LogP contribution is -2.33. The lowest BCUT2D eigenvalue weighted by atomic mass is 10.1. The van der Waals surface area contributed by atoms with Gasteiger partial charge in [0.05, 0.1) is 0 Å². The van der Waals surface area contributed by atoms with Crippen molar-refractivity contribution in [1.29, 1.82) is 0 Å². The van der Waals surface area contributed by atoms with Crippen molar-refractivity contribution in [2.75, 3.05) is 5.32 Å². The van der Waals surface area contributed by atoms with Crippen molar-refractivity contribution in [1.82, 2.24) is 5.32 Å². The molecule has 0 saturated carbocycles. The summed E-state index contributed by atoms with van der Waals surface area (Å²) in [6, 6.07) is 13.3. The van der Waals surface area contributed by atoms with Gasteiger partial charge in [0.15, 0.2) is 5.11 Å². The molecule has 1 amide bonds. The van der Waals surface area contributed by atoms with E-state index in [1.807, 2.05) is 44.2 Å². The zero-order valence-electron chi connectivity index (χ0n) is 12.9. The number of hydrogen-bond acceptors (Lipinski definition) is 2. The second-order valence-electron chi connectivity index (χ2n) is 5.15. The van der Waals surface area contributed by atoms with E-state index >= 15 is 0 Å². The first-order valence-corrected chi connectivity index (χ1v) is 7.85. The van der Waals surface area contributed by atoms with Crippen LogP contribution in [0.25, 0.3) is 6.08 Å². The molecule has 0 aliphatic carbocycles. The van der Waals surface area contributed by atoms with E-state index in [0.29, 0.717) is 5.02 Å². The predicted molar refractivity (Wildman–Crippen MR) is 101 cm³/mol. The number of rotatable bonds is 3. The summed E-state index contributed by atoms with van der Waals surface area (Å²) in [4.78, 5) is 11.9. The standard InChI is InChI=1S/C18H17ClN2OS/c1-12-3-6-14(7-4-12)8-10-17(22)21-18(23)20-16-11-15(19)9-5-13(16)2/h3-11H,1-2H3,(H2,20,21,22,23). The number of aryl methyl sites for hydroxylation is 2. The Morgan fingerprint density at radius 3 is 2.52 bits per heavy atom. The van der Waals surface area contributed by atoms with Crippen LogP contribution in [0.15, 0.2) is 48.5 Å². The van der Waals surface area contributed by atoms with Gasteiger partial charge in [-0.1, -0.05) is 47.5 Å². The minimum Gasteiger partial charge on any atom is -0.332 e. The molecule has 2 aromatic carbocycles. The number of thiocarbonyl (C=S) groups is 1. The Morgan fingerprint density at radius 1 is 1.13 bits per heavy atom. The number of carbonyl (C=O) groups is 1. The zero-order chi connectivity index (χ0) is 16.8. The van der Waals surface area contributed by atoms with Gasteiger partial charge in [0.25, 0.3) is 0 Å².